The Kier molecular flexibility index (Phi) is 5.23. The molecule has 0 bridgehead atoms. The highest BCUT2D eigenvalue weighted by molar-refractivity contribution is 5.20. The molecule has 0 saturated carbocycles. The molecule has 102 valence electrons. The number of hydrogen-bond donors (Lipinski definition) is 2. The lowest BCUT2D eigenvalue weighted by Gasteiger charge is -2.27. The molecule has 4 heteroatoms. The Labute approximate surface area is 107 Å². The van der Waals surface area contributed by atoms with Crippen LogP contribution in [0.15, 0.2) is 30.3 Å². The van der Waals surface area contributed by atoms with Crippen molar-refractivity contribution in [2.45, 2.75) is 38.2 Å². The van der Waals surface area contributed by atoms with Gasteiger partial charge in [-0.25, -0.2) is 0 Å². The number of rotatable bonds is 7. The molecule has 0 aromatic heterocycles. The lowest BCUT2D eigenvalue weighted by molar-refractivity contribution is -0.0163. The number of hydrogen-bond acceptors (Lipinski definition) is 2. The highest BCUT2D eigenvalue weighted by Gasteiger charge is 2.32. The van der Waals surface area contributed by atoms with E-state index in [9.17, 15) is 13.9 Å². The van der Waals surface area contributed by atoms with E-state index in [1.54, 1.807) is 18.2 Å². The van der Waals surface area contributed by atoms with Crippen LogP contribution in [0.2, 0.25) is 0 Å². The summed E-state index contributed by atoms with van der Waals surface area (Å²) >= 11 is 0. The fourth-order valence-electron chi connectivity index (χ4n) is 1.74. The van der Waals surface area contributed by atoms with Crippen LogP contribution in [0.1, 0.15) is 32.3 Å². The van der Waals surface area contributed by atoms with E-state index in [1.165, 1.54) is 12.1 Å². The first-order valence-corrected chi connectivity index (χ1v) is 6.30. The first-order chi connectivity index (χ1) is 8.43. The molecule has 0 spiro atoms. The lowest BCUT2D eigenvalue weighted by atomic mass is 9.97. The molecule has 0 fully saturated rings. The summed E-state index contributed by atoms with van der Waals surface area (Å²) in [5.74, 6) is -2.91. The largest absolute Gasteiger partial charge is 0.389 e. The number of nitrogens with one attached hydrogen (secondary N) is 1. The van der Waals surface area contributed by atoms with Crippen molar-refractivity contribution < 1.29 is 13.9 Å². The van der Waals surface area contributed by atoms with Gasteiger partial charge in [-0.2, -0.15) is 8.78 Å². The molecule has 0 aliphatic heterocycles. The Morgan fingerprint density at radius 3 is 2.11 bits per heavy atom. The summed E-state index contributed by atoms with van der Waals surface area (Å²) < 4.78 is 27.6. The molecule has 0 aliphatic carbocycles. The van der Waals surface area contributed by atoms with E-state index >= 15 is 0 Å². The topological polar surface area (TPSA) is 32.3 Å². The average molecular weight is 257 g/mol. The minimum Gasteiger partial charge on any atom is -0.389 e. The summed E-state index contributed by atoms with van der Waals surface area (Å²) in [6, 6.07) is 7.72. The summed E-state index contributed by atoms with van der Waals surface area (Å²) in [5, 5.41) is 12.7. The third-order valence-electron chi connectivity index (χ3n) is 3.31. The van der Waals surface area contributed by atoms with Crippen LogP contribution in [0.4, 0.5) is 8.78 Å². The van der Waals surface area contributed by atoms with Gasteiger partial charge >= 0.3 is 0 Å². The SMILES string of the molecule is CCC(O)(CC)CNCC(F)(F)c1ccccc1. The molecule has 2 nitrogen and oxygen atoms in total. The molecular formula is C14H21F2NO. The van der Waals surface area contributed by atoms with Gasteiger partial charge in [0.1, 0.15) is 0 Å². The van der Waals surface area contributed by atoms with Gasteiger partial charge in [0.25, 0.3) is 5.92 Å². The molecule has 0 aliphatic rings. The van der Waals surface area contributed by atoms with Gasteiger partial charge in [-0.05, 0) is 12.8 Å². The number of aliphatic hydroxyl groups is 1. The van der Waals surface area contributed by atoms with Crippen LogP contribution in [0.25, 0.3) is 0 Å². The minimum absolute atomic E-state index is 0.00552. The molecule has 1 aromatic carbocycles. The van der Waals surface area contributed by atoms with E-state index in [0.717, 1.165) is 0 Å². The maximum absolute atomic E-state index is 13.8. The average Bonchev–Trinajstić information content (AvgIpc) is 2.39. The molecule has 0 heterocycles. The van der Waals surface area contributed by atoms with Crippen molar-refractivity contribution in [1.29, 1.82) is 0 Å². The molecule has 0 radical (unpaired) electrons. The summed E-state index contributed by atoms with van der Waals surface area (Å²) in [7, 11) is 0. The van der Waals surface area contributed by atoms with Gasteiger partial charge in [0.05, 0.1) is 12.1 Å². The molecule has 2 N–H and O–H groups in total. The molecule has 0 unspecified atom stereocenters. The monoisotopic (exact) mass is 257 g/mol. The normalized spacial score (nSPS) is 12.7. The van der Waals surface area contributed by atoms with Gasteiger partial charge in [-0.3, -0.25) is 0 Å². The maximum atomic E-state index is 13.8. The summed E-state index contributed by atoms with van der Waals surface area (Å²) in [4.78, 5) is 0. The fourth-order valence-corrected chi connectivity index (χ4v) is 1.74. The minimum atomic E-state index is -2.91. The number of halogens is 2. The summed E-state index contributed by atoms with van der Waals surface area (Å²) in [5.41, 5.74) is -0.902. The molecule has 1 aromatic rings. The second-order valence-corrected chi connectivity index (χ2v) is 4.61. The Bertz CT molecular complexity index is 350. The molecule has 0 saturated heterocycles. The Morgan fingerprint density at radius 1 is 1.06 bits per heavy atom. The smallest absolute Gasteiger partial charge is 0.285 e. The van der Waals surface area contributed by atoms with Crippen LogP contribution in [0.5, 0.6) is 0 Å². The maximum Gasteiger partial charge on any atom is 0.285 e. The summed E-state index contributed by atoms with van der Waals surface area (Å²) in [6.07, 6.45) is 1.10. The van der Waals surface area contributed by atoms with Crippen LogP contribution in [-0.4, -0.2) is 23.8 Å². The van der Waals surface area contributed by atoms with E-state index < -0.39 is 18.1 Å². The van der Waals surface area contributed by atoms with Crippen LogP contribution in [0.3, 0.4) is 0 Å². The van der Waals surface area contributed by atoms with E-state index in [-0.39, 0.29) is 12.1 Å². The van der Waals surface area contributed by atoms with E-state index in [1.807, 2.05) is 13.8 Å². The van der Waals surface area contributed by atoms with Gasteiger partial charge in [0.15, 0.2) is 0 Å². The van der Waals surface area contributed by atoms with Crippen molar-refractivity contribution in [1.82, 2.24) is 5.32 Å². The third-order valence-corrected chi connectivity index (χ3v) is 3.31. The predicted molar refractivity (Wildman–Crippen MR) is 68.7 cm³/mol. The van der Waals surface area contributed by atoms with Crippen LogP contribution in [-0.2, 0) is 5.92 Å². The van der Waals surface area contributed by atoms with Crippen LogP contribution in [0, 0.1) is 0 Å². The fraction of sp³-hybridized carbons (Fsp3) is 0.571. The number of alkyl halides is 2. The van der Waals surface area contributed by atoms with Crippen molar-refractivity contribution in [2.75, 3.05) is 13.1 Å². The highest BCUT2D eigenvalue weighted by Crippen LogP contribution is 2.26. The van der Waals surface area contributed by atoms with Crippen molar-refractivity contribution in [3.63, 3.8) is 0 Å². The van der Waals surface area contributed by atoms with Gasteiger partial charge in [0.2, 0.25) is 0 Å². The molecule has 0 atom stereocenters. The van der Waals surface area contributed by atoms with Crippen LogP contribution >= 0.6 is 0 Å². The highest BCUT2D eigenvalue weighted by atomic mass is 19.3. The Morgan fingerprint density at radius 2 is 1.61 bits per heavy atom. The van der Waals surface area contributed by atoms with Crippen molar-refractivity contribution >= 4 is 0 Å². The van der Waals surface area contributed by atoms with Gasteiger partial charge in [-0.15, -0.1) is 0 Å². The zero-order valence-electron chi connectivity index (χ0n) is 10.9. The van der Waals surface area contributed by atoms with Crippen molar-refractivity contribution in [3.8, 4) is 0 Å². The lowest BCUT2D eigenvalue weighted by Crippen LogP contribution is -2.43. The van der Waals surface area contributed by atoms with Gasteiger partial charge in [0, 0.05) is 12.1 Å². The van der Waals surface area contributed by atoms with E-state index in [2.05, 4.69) is 5.32 Å². The second kappa shape index (κ2) is 6.25. The second-order valence-electron chi connectivity index (χ2n) is 4.61. The van der Waals surface area contributed by atoms with Crippen molar-refractivity contribution in [3.05, 3.63) is 35.9 Å². The van der Waals surface area contributed by atoms with E-state index in [0.29, 0.717) is 12.8 Å². The number of benzene rings is 1. The first-order valence-electron chi connectivity index (χ1n) is 6.30. The molecule has 0 amide bonds. The third kappa shape index (κ3) is 4.03. The quantitative estimate of drug-likeness (QED) is 0.787. The first kappa shape index (κ1) is 15.1. The molecule has 1 rings (SSSR count). The molecule has 18 heavy (non-hydrogen) atoms. The zero-order chi connectivity index (χ0) is 13.6. The molecular weight excluding hydrogens is 236 g/mol. The summed E-state index contributed by atoms with van der Waals surface area (Å²) in [6.45, 7) is 3.42. The Hall–Kier alpha value is -1.00. The van der Waals surface area contributed by atoms with Crippen LogP contribution < -0.4 is 5.32 Å². The Balaban J connectivity index is 2.53. The van der Waals surface area contributed by atoms with E-state index in [4.69, 9.17) is 0 Å². The van der Waals surface area contributed by atoms with Crippen molar-refractivity contribution in [2.24, 2.45) is 0 Å². The van der Waals surface area contributed by atoms with Gasteiger partial charge in [-0.1, -0.05) is 44.2 Å². The zero-order valence-corrected chi connectivity index (χ0v) is 10.9. The predicted octanol–water partition coefficient (Wildman–Crippen LogP) is 2.92. The van der Waals surface area contributed by atoms with Gasteiger partial charge < -0.3 is 10.4 Å². The standard InChI is InChI=1S/C14H21F2NO/c1-3-13(18,4-2)10-17-11-14(15,16)12-8-6-5-7-9-12/h5-9,17-18H,3-4,10-11H2,1-2H3.